The Hall–Kier alpha value is -1.85. The minimum atomic E-state index is -0.129. The number of anilines is 1. The molecule has 1 aliphatic heterocycles. The SMILES string of the molecule is Cc1cnn(CC2CC2)c1NC(=O)CN1CCCCCC1=O. The summed E-state index contributed by atoms with van der Waals surface area (Å²) < 4.78 is 1.88. The number of nitrogens with one attached hydrogen (secondary N) is 1. The van der Waals surface area contributed by atoms with Gasteiger partial charge in [0.1, 0.15) is 5.82 Å². The minimum absolute atomic E-state index is 0.0934. The summed E-state index contributed by atoms with van der Waals surface area (Å²) >= 11 is 0. The van der Waals surface area contributed by atoms with E-state index < -0.39 is 0 Å². The van der Waals surface area contributed by atoms with Gasteiger partial charge in [-0.25, -0.2) is 4.68 Å². The molecular weight excluding hydrogens is 280 g/mol. The summed E-state index contributed by atoms with van der Waals surface area (Å²) in [5.74, 6) is 1.44. The number of aryl methyl sites for hydroxylation is 1. The highest BCUT2D eigenvalue weighted by molar-refractivity contribution is 5.94. The van der Waals surface area contributed by atoms with E-state index in [4.69, 9.17) is 0 Å². The van der Waals surface area contributed by atoms with Crippen molar-refractivity contribution in [3.05, 3.63) is 11.8 Å². The first-order valence-corrected chi connectivity index (χ1v) is 8.23. The van der Waals surface area contributed by atoms with Crippen molar-refractivity contribution in [2.24, 2.45) is 5.92 Å². The van der Waals surface area contributed by atoms with Gasteiger partial charge in [0.05, 0.1) is 12.7 Å². The molecule has 1 N–H and O–H groups in total. The highest BCUT2D eigenvalue weighted by atomic mass is 16.2. The van der Waals surface area contributed by atoms with Crippen LogP contribution in [0, 0.1) is 12.8 Å². The summed E-state index contributed by atoms with van der Waals surface area (Å²) in [4.78, 5) is 25.9. The first kappa shape index (κ1) is 15.1. The van der Waals surface area contributed by atoms with Crippen LogP contribution in [0.1, 0.15) is 44.1 Å². The van der Waals surface area contributed by atoms with E-state index in [2.05, 4.69) is 10.4 Å². The van der Waals surface area contributed by atoms with Crippen molar-refractivity contribution in [2.75, 3.05) is 18.4 Å². The maximum Gasteiger partial charge on any atom is 0.245 e. The third kappa shape index (κ3) is 3.67. The van der Waals surface area contributed by atoms with Gasteiger partial charge in [-0.2, -0.15) is 5.10 Å². The molecule has 3 rings (SSSR count). The second-order valence-corrected chi connectivity index (χ2v) is 6.48. The van der Waals surface area contributed by atoms with Gasteiger partial charge >= 0.3 is 0 Å². The minimum Gasteiger partial charge on any atom is -0.333 e. The second-order valence-electron chi connectivity index (χ2n) is 6.48. The van der Waals surface area contributed by atoms with Gasteiger partial charge in [-0.15, -0.1) is 0 Å². The van der Waals surface area contributed by atoms with Gasteiger partial charge in [-0.3, -0.25) is 9.59 Å². The third-order valence-electron chi connectivity index (χ3n) is 4.41. The molecule has 0 aromatic carbocycles. The Bertz CT molecular complexity index is 562. The highest BCUT2D eigenvalue weighted by Gasteiger charge is 2.25. The van der Waals surface area contributed by atoms with Crippen LogP contribution in [0.4, 0.5) is 5.82 Å². The summed E-state index contributed by atoms with van der Waals surface area (Å²) in [6.07, 6.45) is 7.82. The molecule has 0 bridgehead atoms. The normalized spacial score (nSPS) is 19.1. The largest absolute Gasteiger partial charge is 0.333 e. The molecule has 2 amide bonds. The standard InChI is InChI=1S/C16H24N4O2/c1-12-9-17-20(10-13-6-7-13)16(12)18-14(21)11-19-8-4-2-3-5-15(19)22/h9,13H,2-8,10-11H2,1H3,(H,18,21). The van der Waals surface area contributed by atoms with Crippen molar-refractivity contribution < 1.29 is 9.59 Å². The number of hydrogen-bond donors (Lipinski definition) is 1. The molecule has 1 aliphatic carbocycles. The molecule has 1 aromatic heterocycles. The molecule has 120 valence electrons. The van der Waals surface area contributed by atoms with E-state index in [0.29, 0.717) is 18.9 Å². The lowest BCUT2D eigenvalue weighted by atomic mass is 10.2. The lowest BCUT2D eigenvalue weighted by Crippen LogP contribution is -2.38. The number of amides is 2. The van der Waals surface area contributed by atoms with Crippen LogP contribution in [-0.4, -0.2) is 39.6 Å². The fraction of sp³-hybridized carbons (Fsp3) is 0.688. The molecule has 1 aromatic rings. The van der Waals surface area contributed by atoms with Crippen LogP contribution in [-0.2, 0) is 16.1 Å². The Balaban J connectivity index is 1.61. The van der Waals surface area contributed by atoms with E-state index in [-0.39, 0.29) is 18.4 Å². The van der Waals surface area contributed by atoms with E-state index in [1.165, 1.54) is 12.8 Å². The number of carbonyl (C=O) groups excluding carboxylic acids is 2. The predicted molar refractivity (Wildman–Crippen MR) is 83.4 cm³/mol. The molecule has 0 atom stereocenters. The Labute approximate surface area is 130 Å². The Morgan fingerprint density at radius 2 is 2.18 bits per heavy atom. The Morgan fingerprint density at radius 1 is 1.36 bits per heavy atom. The fourth-order valence-corrected chi connectivity index (χ4v) is 2.88. The van der Waals surface area contributed by atoms with E-state index in [0.717, 1.165) is 37.2 Å². The van der Waals surface area contributed by atoms with Crippen molar-refractivity contribution in [3.63, 3.8) is 0 Å². The summed E-state index contributed by atoms with van der Waals surface area (Å²) in [5, 5.41) is 7.29. The van der Waals surface area contributed by atoms with E-state index in [9.17, 15) is 9.59 Å². The molecule has 2 fully saturated rings. The summed E-state index contributed by atoms with van der Waals surface area (Å²) in [6.45, 7) is 3.65. The maximum absolute atomic E-state index is 12.3. The maximum atomic E-state index is 12.3. The van der Waals surface area contributed by atoms with Crippen LogP contribution in [0.3, 0.4) is 0 Å². The average Bonchev–Trinajstić information content (AvgIpc) is 3.26. The Morgan fingerprint density at radius 3 is 2.95 bits per heavy atom. The topological polar surface area (TPSA) is 67.2 Å². The van der Waals surface area contributed by atoms with Crippen LogP contribution in [0.2, 0.25) is 0 Å². The first-order valence-electron chi connectivity index (χ1n) is 8.23. The van der Waals surface area contributed by atoms with Crippen LogP contribution in [0.5, 0.6) is 0 Å². The van der Waals surface area contributed by atoms with Crippen molar-refractivity contribution in [1.29, 1.82) is 0 Å². The number of nitrogens with zero attached hydrogens (tertiary/aromatic N) is 3. The monoisotopic (exact) mass is 304 g/mol. The number of rotatable bonds is 5. The quantitative estimate of drug-likeness (QED) is 0.904. The summed E-state index contributed by atoms with van der Waals surface area (Å²) in [7, 11) is 0. The molecule has 1 saturated heterocycles. The number of aromatic nitrogens is 2. The molecule has 6 nitrogen and oxygen atoms in total. The van der Waals surface area contributed by atoms with Crippen molar-refractivity contribution in [2.45, 2.75) is 52.0 Å². The molecule has 0 radical (unpaired) electrons. The van der Waals surface area contributed by atoms with Gasteiger partial charge in [0.2, 0.25) is 11.8 Å². The van der Waals surface area contributed by atoms with Crippen LogP contribution >= 0.6 is 0 Å². The van der Waals surface area contributed by atoms with Gasteiger partial charge in [0.15, 0.2) is 0 Å². The van der Waals surface area contributed by atoms with Gasteiger partial charge < -0.3 is 10.2 Å². The van der Waals surface area contributed by atoms with E-state index in [1.54, 1.807) is 11.1 Å². The number of likely N-dealkylation sites (tertiary alicyclic amines) is 1. The zero-order valence-corrected chi connectivity index (χ0v) is 13.2. The molecule has 6 heteroatoms. The summed E-state index contributed by atoms with van der Waals surface area (Å²) in [6, 6.07) is 0. The Kier molecular flexibility index (Phi) is 4.45. The van der Waals surface area contributed by atoms with Crippen LogP contribution in [0.15, 0.2) is 6.20 Å². The van der Waals surface area contributed by atoms with Gasteiger partial charge in [-0.05, 0) is 38.5 Å². The average molecular weight is 304 g/mol. The molecule has 0 spiro atoms. The number of carbonyl (C=O) groups is 2. The number of hydrogen-bond acceptors (Lipinski definition) is 3. The highest BCUT2D eigenvalue weighted by Crippen LogP contribution is 2.31. The lowest BCUT2D eigenvalue weighted by molar-refractivity contribution is -0.134. The zero-order chi connectivity index (χ0) is 15.5. The molecule has 2 aliphatic rings. The van der Waals surface area contributed by atoms with Crippen molar-refractivity contribution >= 4 is 17.6 Å². The molecule has 22 heavy (non-hydrogen) atoms. The first-order chi connectivity index (χ1) is 10.6. The molecule has 0 unspecified atom stereocenters. The van der Waals surface area contributed by atoms with Gasteiger partial charge in [-0.1, -0.05) is 6.42 Å². The summed E-state index contributed by atoms with van der Waals surface area (Å²) in [5.41, 5.74) is 0.969. The fourth-order valence-electron chi connectivity index (χ4n) is 2.88. The lowest BCUT2D eigenvalue weighted by Gasteiger charge is -2.20. The van der Waals surface area contributed by atoms with Gasteiger partial charge in [0, 0.05) is 25.1 Å². The molecule has 2 heterocycles. The van der Waals surface area contributed by atoms with Crippen molar-refractivity contribution in [3.8, 4) is 0 Å². The van der Waals surface area contributed by atoms with Crippen LogP contribution < -0.4 is 5.32 Å². The molecule has 1 saturated carbocycles. The third-order valence-corrected chi connectivity index (χ3v) is 4.41. The predicted octanol–water partition coefficient (Wildman–Crippen LogP) is 1.94. The van der Waals surface area contributed by atoms with Crippen molar-refractivity contribution in [1.82, 2.24) is 14.7 Å². The second kappa shape index (κ2) is 6.50. The van der Waals surface area contributed by atoms with E-state index in [1.807, 2.05) is 11.6 Å². The molecular formula is C16H24N4O2. The van der Waals surface area contributed by atoms with E-state index >= 15 is 0 Å². The van der Waals surface area contributed by atoms with Crippen LogP contribution in [0.25, 0.3) is 0 Å². The smallest absolute Gasteiger partial charge is 0.245 e. The zero-order valence-electron chi connectivity index (χ0n) is 13.2. The van der Waals surface area contributed by atoms with Gasteiger partial charge in [0.25, 0.3) is 0 Å².